The fourth-order valence-corrected chi connectivity index (χ4v) is 1.56. The van der Waals surface area contributed by atoms with Crippen molar-refractivity contribution in [3.8, 4) is 34.1 Å². The van der Waals surface area contributed by atoms with Crippen LogP contribution in [0, 0.1) is 0 Å². The summed E-state index contributed by atoms with van der Waals surface area (Å²) in [4.78, 5) is 0. The van der Waals surface area contributed by atoms with Gasteiger partial charge in [0.2, 0.25) is 0 Å². The number of ether oxygens (including phenoxy) is 1. The minimum atomic E-state index is -0.186. The van der Waals surface area contributed by atoms with Crippen molar-refractivity contribution in [1.82, 2.24) is 0 Å². The van der Waals surface area contributed by atoms with Gasteiger partial charge in [-0.3, -0.25) is 0 Å². The van der Waals surface area contributed by atoms with Gasteiger partial charge in [-0.05, 0) is 35.4 Å². The third kappa shape index (κ3) is 2.10. The SMILES string of the molecule is COc1cc(-c2ccc(O)c(O)c2)ccc1O. The van der Waals surface area contributed by atoms with E-state index in [0.717, 1.165) is 11.1 Å². The zero-order chi connectivity index (χ0) is 12.4. The van der Waals surface area contributed by atoms with Crippen molar-refractivity contribution in [3.63, 3.8) is 0 Å². The van der Waals surface area contributed by atoms with Crippen molar-refractivity contribution >= 4 is 0 Å². The van der Waals surface area contributed by atoms with E-state index in [4.69, 9.17) is 4.74 Å². The quantitative estimate of drug-likeness (QED) is 0.696. The summed E-state index contributed by atoms with van der Waals surface area (Å²) < 4.78 is 5.00. The molecule has 0 saturated carbocycles. The van der Waals surface area contributed by atoms with Crippen molar-refractivity contribution in [2.24, 2.45) is 0 Å². The van der Waals surface area contributed by atoms with Gasteiger partial charge < -0.3 is 20.1 Å². The molecule has 0 aliphatic heterocycles. The van der Waals surface area contributed by atoms with Crippen LogP contribution in [-0.2, 0) is 0 Å². The molecule has 17 heavy (non-hydrogen) atoms. The van der Waals surface area contributed by atoms with Gasteiger partial charge in [0.25, 0.3) is 0 Å². The Balaban J connectivity index is 2.49. The second-order valence-corrected chi connectivity index (χ2v) is 3.59. The summed E-state index contributed by atoms with van der Waals surface area (Å²) in [6.07, 6.45) is 0. The second-order valence-electron chi connectivity index (χ2n) is 3.59. The maximum Gasteiger partial charge on any atom is 0.161 e. The van der Waals surface area contributed by atoms with E-state index < -0.39 is 0 Å². The van der Waals surface area contributed by atoms with Crippen LogP contribution in [0.5, 0.6) is 23.0 Å². The number of methoxy groups -OCH3 is 1. The van der Waals surface area contributed by atoms with Crippen molar-refractivity contribution in [2.75, 3.05) is 7.11 Å². The molecule has 0 atom stereocenters. The molecular formula is C13H12O4. The number of hydrogen-bond donors (Lipinski definition) is 3. The Hall–Kier alpha value is -2.36. The Bertz CT molecular complexity index is 549. The van der Waals surface area contributed by atoms with Crippen molar-refractivity contribution in [2.45, 2.75) is 0 Å². The second kappa shape index (κ2) is 4.25. The molecule has 0 amide bonds. The summed E-state index contributed by atoms with van der Waals surface area (Å²) in [6.45, 7) is 0. The molecule has 4 heteroatoms. The highest BCUT2D eigenvalue weighted by Crippen LogP contribution is 2.34. The van der Waals surface area contributed by atoms with Gasteiger partial charge >= 0.3 is 0 Å². The first-order chi connectivity index (χ1) is 8.11. The van der Waals surface area contributed by atoms with Gasteiger partial charge in [0, 0.05) is 0 Å². The zero-order valence-corrected chi connectivity index (χ0v) is 9.21. The van der Waals surface area contributed by atoms with Gasteiger partial charge in [0.15, 0.2) is 23.0 Å². The van der Waals surface area contributed by atoms with Gasteiger partial charge in [0.1, 0.15) is 0 Å². The lowest BCUT2D eigenvalue weighted by molar-refractivity contribution is 0.373. The van der Waals surface area contributed by atoms with E-state index in [0.29, 0.717) is 5.75 Å². The van der Waals surface area contributed by atoms with Gasteiger partial charge in [-0.15, -0.1) is 0 Å². The number of phenols is 3. The summed E-state index contributed by atoms with van der Waals surface area (Å²) in [7, 11) is 1.47. The Labute approximate surface area is 98.3 Å². The lowest BCUT2D eigenvalue weighted by atomic mass is 10.0. The summed E-state index contributed by atoms with van der Waals surface area (Å²) in [5, 5.41) is 28.1. The van der Waals surface area contributed by atoms with Crippen LogP contribution in [0.15, 0.2) is 36.4 Å². The Morgan fingerprint density at radius 2 is 1.35 bits per heavy atom. The first-order valence-corrected chi connectivity index (χ1v) is 5.01. The number of hydrogen-bond acceptors (Lipinski definition) is 4. The van der Waals surface area contributed by atoms with E-state index in [1.54, 1.807) is 18.2 Å². The van der Waals surface area contributed by atoms with Gasteiger partial charge in [-0.2, -0.15) is 0 Å². The monoisotopic (exact) mass is 232 g/mol. The van der Waals surface area contributed by atoms with Gasteiger partial charge in [-0.1, -0.05) is 12.1 Å². The highest BCUT2D eigenvalue weighted by atomic mass is 16.5. The van der Waals surface area contributed by atoms with Crippen LogP contribution in [0.25, 0.3) is 11.1 Å². The van der Waals surface area contributed by atoms with Crippen molar-refractivity contribution < 1.29 is 20.1 Å². The molecular weight excluding hydrogens is 220 g/mol. The van der Waals surface area contributed by atoms with Crippen molar-refractivity contribution in [3.05, 3.63) is 36.4 Å². The molecule has 2 aromatic carbocycles. The molecule has 0 aliphatic rings. The van der Waals surface area contributed by atoms with Gasteiger partial charge in [-0.25, -0.2) is 0 Å². The first-order valence-electron chi connectivity index (χ1n) is 5.01. The predicted molar refractivity (Wildman–Crippen MR) is 63.4 cm³/mol. The van der Waals surface area contributed by atoms with Crippen LogP contribution in [0.3, 0.4) is 0 Å². The normalized spacial score (nSPS) is 10.2. The Morgan fingerprint density at radius 3 is 1.94 bits per heavy atom. The molecule has 2 aromatic rings. The third-order valence-electron chi connectivity index (χ3n) is 2.49. The third-order valence-corrected chi connectivity index (χ3v) is 2.49. The van der Waals surface area contributed by atoms with E-state index >= 15 is 0 Å². The molecule has 0 aromatic heterocycles. The average Bonchev–Trinajstić information content (AvgIpc) is 2.33. The van der Waals surface area contributed by atoms with E-state index in [1.807, 2.05) is 0 Å². The lowest BCUT2D eigenvalue weighted by Gasteiger charge is -2.07. The molecule has 0 bridgehead atoms. The molecule has 0 aliphatic carbocycles. The summed E-state index contributed by atoms with van der Waals surface area (Å²) in [5.74, 6) is 0.0587. The van der Waals surface area contributed by atoms with E-state index in [-0.39, 0.29) is 17.2 Å². The smallest absolute Gasteiger partial charge is 0.161 e. The van der Waals surface area contributed by atoms with Crippen LogP contribution in [0.2, 0.25) is 0 Å². The summed E-state index contributed by atoms with van der Waals surface area (Å²) in [6, 6.07) is 9.38. The maximum atomic E-state index is 9.47. The highest BCUT2D eigenvalue weighted by molar-refractivity contribution is 5.69. The minimum absolute atomic E-state index is 0.0549. The summed E-state index contributed by atoms with van der Waals surface area (Å²) in [5.41, 5.74) is 1.49. The predicted octanol–water partition coefficient (Wildman–Crippen LogP) is 2.48. The molecule has 0 fully saturated rings. The average molecular weight is 232 g/mol. The number of aromatic hydroxyl groups is 3. The molecule has 0 unspecified atom stereocenters. The number of rotatable bonds is 2. The number of benzene rings is 2. The molecule has 0 spiro atoms. The molecule has 88 valence electrons. The van der Waals surface area contributed by atoms with Crippen LogP contribution in [-0.4, -0.2) is 22.4 Å². The lowest BCUT2D eigenvalue weighted by Crippen LogP contribution is -1.85. The van der Waals surface area contributed by atoms with Crippen LogP contribution in [0.1, 0.15) is 0 Å². The largest absolute Gasteiger partial charge is 0.504 e. The molecule has 0 radical (unpaired) electrons. The van der Waals surface area contributed by atoms with E-state index in [1.165, 1.54) is 25.3 Å². The standard InChI is InChI=1S/C13H12O4/c1-17-13-7-9(3-5-11(13)15)8-2-4-10(14)12(16)6-8/h2-7,14-16H,1H3. The van der Waals surface area contributed by atoms with Crippen LogP contribution < -0.4 is 4.74 Å². The minimum Gasteiger partial charge on any atom is -0.504 e. The maximum absolute atomic E-state index is 9.47. The molecule has 0 heterocycles. The Kier molecular flexibility index (Phi) is 2.78. The number of phenolic OH excluding ortho intramolecular Hbond substituents is 3. The van der Waals surface area contributed by atoms with Crippen molar-refractivity contribution in [1.29, 1.82) is 0 Å². The summed E-state index contributed by atoms with van der Waals surface area (Å²) >= 11 is 0. The van der Waals surface area contributed by atoms with E-state index in [9.17, 15) is 15.3 Å². The molecule has 2 rings (SSSR count). The van der Waals surface area contributed by atoms with Crippen LogP contribution >= 0.6 is 0 Å². The topological polar surface area (TPSA) is 69.9 Å². The Morgan fingerprint density at radius 1 is 0.765 bits per heavy atom. The zero-order valence-electron chi connectivity index (χ0n) is 9.21. The molecule has 3 N–H and O–H groups in total. The fourth-order valence-electron chi connectivity index (χ4n) is 1.56. The molecule has 0 saturated heterocycles. The molecule has 4 nitrogen and oxygen atoms in total. The van der Waals surface area contributed by atoms with Gasteiger partial charge in [0.05, 0.1) is 7.11 Å². The highest BCUT2D eigenvalue weighted by Gasteiger charge is 2.06. The first kappa shape index (κ1) is 11.1. The fraction of sp³-hybridized carbons (Fsp3) is 0.0769. The van der Waals surface area contributed by atoms with E-state index in [2.05, 4.69) is 0 Å². The van der Waals surface area contributed by atoms with Crippen LogP contribution in [0.4, 0.5) is 0 Å².